The molecule has 5 heterocycles. The molecule has 4 aromatic rings. The number of imide groups is 1. The number of anilines is 1. The Balaban J connectivity index is 0.876. The summed E-state index contributed by atoms with van der Waals surface area (Å²) in [6.07, 6.45) is 8.08. The molecule has 1 fully saturated rings. The van der Waals surface area contributed by atoms with Crippen LogP contribution in [0.4, 0.5) is 10.5 Å². The van der Waals surface area contributed by atoms with E-state index in [2.05, 4.69) is 30.8 Å². The summed E-state index contributed by atoms with van der Waals surface area (Å²) in [5, 5.41) is 8.11. The minimum absolute atomic E-state index is 0.0346. The SMILES string of the molecule is COc1ccc2ncc(=O)n(CCN3CCC(N(Cc4cc5c(cn4)OCCO5)C(=O)OCc4ccc(NC(=O)CNC(=O)[C@@H](NC(=O)CCCCCN5C(=O)C=CC5=O)C(C)C)cc4)CC3)c2c1. The number of nitrogens with zero attached hydrogens (tertiary/aromatic N) is 6. The smallest absolute Gasteiger partial charge is 0.410 e. The van der Waals surface area contributed by atoms with Crippen LogP contribution in [0.15, 0.2) is 77.9 Å². The number of benzene rings is 2. The van der Waals surface area contributed by atoms with E-state index in [1.807, 2.05) is 18.2 Å². The van der Waals surface area contributed by atoms with Gasteiger partial charge in [0, 0.05) is 75.2 Å². The van der Waals surface area contributed by atoms with Crippen molar-refractivity contribution >= 4 is 52.3 Å². The number of likely N-dealkylation sites (tertiary alicyclic amines) is 1. The number of rotatable bonds is 21. The van der Waals surface area contributed by atoms with Gasteiger partial charge in [-0.05, 0) is 61.4 Å². The van der Waals surface area contributed by atoms with E-state index < -0.39 is 23.9 Å². The molecule has 6 amide bonds. The van der Waals surface area contributed by atoms with Gasteiger partial charge in [0.05, 0.1) is 49.3 Å². The number of nitrogens with one attached hydrogen (secondary N) is 3. The number of aromatic nitrogens is 3. The maximum absolute atomic E-state index is 13.9. The summed E-state index contributed by atoms with van der Waals surface area (Å²) in [5.41, 5.74) is 2.98. The molecule has 2 aromatic heterocycles. The summed E-state index contributed by atoms with van der Waals surface area (Å²) in [7, 11) is 1.58. The van der Waals surface area contributed by atoms with E-state index in [0.29, 0.717) is 117 Å². The molecule has 0 bridgehead atoms. The van der Waals surface area contributed by atoms with Crippen LogP contribution in [-0.4, -0.2) is 130 Å². The van der Waals surface area contributed by atoms with Crippen molar-refractivity contribution in [2.75, 3.05) is 58.4 Å². The first-order chi connectivity index (χ1) is 33.3. The van der Waals surface area contributed by atoms with Crippen LogP contribution in [0.25, 0.3) is 11.0 Å². The van der Waals surface area contributed by atoms with Gasteiger partial charge in [0.25, 0.3) is 17.4 Å². The van der Waals surface area contributed by atoms with E-state index in [1.54, 1.807) is 67.0 Å². The number of ether oxygens (including phenoxy) is 4. The molecule has 0 radical (unpaired) electrons. The fourth-order valence-corrected chi connectivity index (χ4v) is 8.35. The predicted octanol–water partition coefficient (Wildman–Crippen LogP) is 3.56. The predicted molar refractivity (Wildman–Crippen MR) is 252 cm³/mol. The van der Waals surface area contributed by atoms with Crippen molar-refractivity contribution in [3.8, 4) is 17.2 Å². The normalized spacial score (nSPS) is 15.3. The minimum Gasteiger partial charge on any atom is -0.497 e. The molecule has 20 nitrogen and oxygen atoms in total. The van der Waals surface area contributed by atoms with Crippen molar-refractivity contribution in [3.05, 3.63) is 94.7 Å². The van der Waals surface area contributed by atoms with Gasteiger partial charge in [-0.25, -0.2) is 9.78 Å². The van der Waals surface area contributed by atoms with Gasteiger partial charge in [0.2, 0.25) is 17.7 Å². The van der Waals surface area contributed by atoms with Crippen molar-refractivity contribution in [2.24, 2.45) is 5.92 Å². The van der Waals surface area contributed by atoms with E-state index in [1.165, 1.54) is 18.3 Å². The number of piperidine rings is 1. The number of methoxy groups -OCH3 is 1. The summed E-state index contributed by atoms with van der Waals surface area (Å²) in [6, 6.07) is 13.0. The number of unbranched alkanes of at least 4 members (excludes halogenated alkanes) is 2. The number of amides is 6. The largest absolute Gasteiger partial charge is 0.497 e. The Morgan fingerprint density at radius 1 is 0.841 bits per heavy atom. The molecule has 0 saturated carbocycles. The lowest BCUT2D eigenvalue weighted by atomic mass is 10.0. The summed E-state index contributed by atoms with van der Waals surface area (Å²) in [6.45, 7) is 6.98. The Hall–Kier alpha value is -7.35. The fraction of sp³-hybridized carbons (Fsp3) is 0.449. The van der Waals surface area contributed by atoms with Crippen LogP contribution in [0.3, 0.4) is 0 Å². The molecule has 2 aromatic carbocycles. The molecular formula is C49H59N9O11. The molecule has 1 atom stereocenters. The lowest BCUT2D eigenvalue weighted by molar-refractivity contribution is -0.137. The topological polar surface area (TPSA) is 233 Å². The lowest BCUT2D eigenvalue weighted by Crippen LogP contribution is -2.51. The van der Waals surface area contributed by atoms with Crippen LogP contribution in [0, 0.1) is 5.92 Å². The first-order valence-corrected chi connectivity index (χ1v) is 23.3. The van der Waals surface area contributed by atoms with Crippen LogP contribution in [0.5, 0.6) is 17.2 Å². The van der Waals surface area contributed by atoms with Gasteiger partial charge < -0.3 is 44.4 Å². The standard InChI is InChI=1S/C49H59N9O11/c1-32(2)47(54-42(59)7-5-4-6-18-57-44(61)14-15-45(57)62)48(64)52-28-43(60)53-34-10-8-33(9-11-34)31-69-49(65)58(30-35-25-40-41(27-50-35)68-24-23-67-40)36-16-19-55(20-17-36)21-22-56-39-26-37(66-3)12-13-38(39)51-29-46(56)63/h8-15,25-27,29,32,36,47H,4-7,16-24,28,30-31H2,1-3H3,(H,52,64)(H,53,60)(H,54,59)/t47-/m0/s1. The summed E-state index contributed by atoms with van der Waals surface area (Å²) in [5.74, 6) is -0.461. The van der Waals surface area contributed by atoms with Crippen molar-refractivity contribution in [3.63, 3.8) is 0 Å². The van der Waals surface area contributed by atoms with E-state index in [4.69, 9.17) is 18.9 Å². The monoisotopic (exact) mass is 949 g/mol. The maximum atomic E-state index is 13.9. The summed E-state index contributed by atoms with van der Waals surface area (Å²) >= 11 is 0. The average molecular weight is 950 g/mol. The van der Waals surface area contributed by atoms with Gasteiger partial charge in [-0.3, -0.25) is 43.6 Å². The van der Waals surface area contributed by atoms with Crippen LogP contribution < -0.4 is 35.7 Å². The minimum atomic E-state index is -0.858. The summed E-state index contributed by atoms with van der Waals surface area (Å²) < 4.78 is 24.4. The second-order valence-electron chi connectivity index (χ2n) is 17.4. The Kier molecular flexibility index (Phi) is 16.9. The Bertz CT molecular complexity index is 2570. The number of hydrogen-bond acceptors (Lipinski definition) is 14. The maximum Gasteiger partial charge on any atom is 0.410 e. The van der Waals surface area contributed by atoms with Crippen molar-refractivity contribution < 1.29 is 47.7 Å². The molecule has 3 aliphatic heterocycles. The fourth-order valence-electron chi connectivity index (χ4n) is 8.35. The number of fused-ring (bicyclic) bond motifs is 2. The van der Waals surface area contributed by atoms with Gasteiger partial charge >= 0.3 is 6.09 Å². The molecule has 0 spiro atoms. The Morgan fingerprint density at radius 2 is 1.58 bits per heavy atom. The molecule has 7 rings (SSSR count). The third-order valence-corrected chi connectivity index (χ3v) is 12.2. The molecule has 366 valence electrons. The zero-order chi connectivity index (χ0) is 48.9. The molecule has 20 heteroatoms. The Morgan fingerprint density at radius 3 is 2.30 bits per heavy atom. The van der Waals surface area contributed by atoms with E-state index in [9.17, 15) is 33.6 Å². The average Bonchev–Trinajstić information content (AvgIpc) is 3.68. The van der Waals surface area contributed by atoms with Crippen molar-refractivity contribution in [1.29, 1.82) is 0 Å². The molecule has 0 aliphatic carbocycles. The number of carbonyl (C=O) groups is 6. The molecular weight excluding hydrogens is 891 g/mol. The lowest BCUT2D eigenvalue weighted by Gasteiger charge is -2.38. The van der Waals surface area contributed by atoms with Crippen LogP contribution in [0.1, 0.15) is 63.6 Å². The number of carbonyl (C=O) groups excluding carboxylic acids is 6. The second kappa shape index (κ2) is 23.6. The van der Waals surface area contributed by atoms with E-state index in [0.717, 1.165) is 4.90 Å². The van der Waals surface area contributed by atoms with Crippen LogP contribution in [-0.2, 0) is 48.4 Å². The quantitative estimate of drug-likeness (QED) is 0.0802. The third kappa shape index (κ3) is 13.4. The van der Waals surface area contributed by atoms with Crippen LogP contribution >= 0.6 is 0 Å². The first-order valence-electron chi connectivity index (χ1n) is 23.3. The van der Waals surface area contributed by atoms with E-state index >= 15 is 0 Å². The van der Waals surface area contributed by atoms with Gasteiger partial charge in [-0.15, -0.1) is 0 Å². The molecule has 69 heavy (non-hydrogen) atoms. The molecule has 3 N–H and O–H groups in total. The number of hydrogen-bond donors (Lipinski definition) is 3. The molecule has 1 saturated heterocycles. The van der Waals surface area contributed by atoms with Crippen LogP contribution in [0.2, 0.25) is 0 Å². The Labute approximate surface area is 399 Å². The zero-order valence-corrected chi connectivity index (χ0v) is 39.1. The van der Waals surface area contributed by atoms with Gasteiger partial charge in [0.1, 0.15) is 31.6 Å². The molecule has 3 aliphatic rings. The highest BCUT2D eigenvalue weighted by Crippen LogP contribution is 2.31. The van der Waals surface area contributed by atoms with Gasteiger partial charge in [-0.2, -0.15) is 0 Å². The zero-order valence-electron chi connectivity index (χ0n) is 39.1. The van der Waals surface area contributed by atoms with Crippen molar-refractivity contribution in [1.82, 2.24) is 39.9 Å². The highest BCUT2D eigenvalue weighted by atomic mass is 16.6. The van der Waals surface area contributed by atoms with Gasteiger partial charge in [-0.1, -0.05) is 32.4 Å². The first kappa shape index (κ1) is 49.6. The molecule has 0 unspecified atom stereocenters. The van der Waals surface area contributed by atoms with Crippen molar-refractivity contribution in [2.45, 2.75) is 84.2 Å². The third-order valence-electron chi connectivity index (χ3n) is 12.2. The van der Waals surface area contributed by atoms with E-state index in [-0.39, 0.29) is 67.9 Å². The highest BCUT2D eigenvalue weighted by molar-refractivity contribution is 6.12. The highest BCUT2D eigenvalue weighted by Gasteiger charge is 2.31. The number of pyridine rings is 1. The van der Waals surface area contributed by atoms with Gasteiger partial charge in [0.15, 0.2) is 11.5 Å². The second-order valence-corrected chi connectivity index (χ2v) is 17.4. The summed E-state index contributed by atoms with van der Waals surface area (Å²) in [4.78, 5) is 103.